The molecule has 0 aromatic heterocycles. The smallest absolute Gasteiger partial charge is 0.309 e. The molecule has 1 fully saturated rings. The molecule has 0 atom stereocenters. The summed E-state index contributed by atoms with van der Waals surface area (Å²) in [5.41, 5.74) is 10.0. The number of esters is 1. The molecule has 0 radical (unpaired) electrons. The molecule has 0 aliphatic carbocycles. The standard InChI is InChI=1S/C13H15N3O2S/c1-3-4-10-7-8-19-12(10)6-5-11(15-16-14)9-13(17)18-2/h3-6H,1,7-9H2,2H3/b10-4-,11-5-,12-6-. The van der Waals surface area contributed by atoms with Crippen LogP contribution in [0.4, 0.5) is 0 Å². The van der Waals surface area contributed by atoms with Crippen LogP contribution in [-0.4, -0.2) is 18.8 Å². The fourth-order valence-corrected chi connectivity index (χ4v) is 2.59. The van der Waals surface area contributed by atoms with E-state index >= 15 is 0 Å². The first kappa shape index (κ1) is 15.1. The predicted octanol–water partition coefficient (Wildman–Crippen LogP) is 3.88. The van der Waals surface area contributed by atoms with E-state index in [1.165, 1.54) is 12.7 Å². The van der Waals surface area contributed by atoms with Crippen molar-refractivity contribution in [1.82, 2.24) is 0 Å². The van der Waals surface area contributed by atoms with E-state index in [1.54, 1.807) is 23.9 Å². The van der Waals surface area contributed by atoms with Crippen LogP contribution in [0.5, 0.6) is 0 Å². The topological polar surface area (TPSA) is 75.1 Å². The van der Waals surface area contributed by atoms with Crippen LogP contribution >= 0.6 is 11.8 Å². The minimum Gasteiger partial charge on any atom is -0.469 e. The van der Waals surface area contributed by atoms with Gasteiger partial charge in [0.15, 0.2) is 0 Å². The van der Waals surface area contributed by atoms with Gasteiger partial charge in [0.1, 0.15) is 0 Å². The molecule has 5 nitrogen and oxygen atoms in total. The second-order valence-corrected chi connectivity index (χ2v) is 4.79. The minimum absolute atomic E-state index is 0.0322. The summed E-state index contributed by atoms with van der Waals surface area (Å²) in [6.45, 7) is 3.68. The van der Waals surface area contributed by atoms with Gasteiger partial charge in [0, 0.05) is 21.3 Å². The van der Waals surface area contributed by atoms with Gasteiger partial charge in [-0.1, -0.05) is 29.9 Å². The molecule has 0 aromatic rings. The van der Waals surface area contributed by atoms with Crippen LogP contribution in [0, 0.1) is 0 Å². The number of carbonyl (C=O) groups is 1. The zero-order chi connectivity index (χ0) is 14.1. The number of azide groups is 1. The molecule has 0 spiro atoms. The normalized spacial score (nSPS) is 19.3. The SMILES string of the molecule is C=C/C=C1/CCS/C1=C\C=C(\CC(=O)OC)N=[N+]=[N-]. The van der Waals surface area contributed by atoms with E-state index in [0.29, 0.717) is 5.70 Å². The number of carbonyl (C=O) groups excluding carboxylic acids is 1. The Hall–Kier alpha value is -1.91. The van der Waals surface area contributed by atoms with Crippen LogP contribution in [0.2, 0.25) is 0 Å². The van der Waals surface area contributed by atoms with E-state index in [2.05, 4.69) is 21.3 Å². The van der Waals surface area contributed by atoms with Crippen molar-refractivity contribution in [2.45, 2.75) is 12.8 Å². The first-order valence-corrected chi connectivity index (χ1v) is 6.67. The van der Waals surface area contributed by atoms with Gasteiger partial charge in [-0.2, -0.15) is 0 Å². The molecular weight excluding hydrogens is 262 g/mol. The molecule has 100 valence electrons. The summed E-state index contributed by atoms with van der Waals surface area (Å²) < 4.78 is 4.54. The van der Waals surface area contributed by atoms with E-state index < -0.39 is 5.97 Å². The summed E-state index contributed by atoms with van der Waals surface area (Å²) in [6, 6.07) is 0. The number of hydrogen-bond donors (Lipinski definition) is 0. The summed E-state index contributed by atoms with van der Waals surface area (Å²) in [5.74, 6) is 0.589. The highest BCUT2D eigenvalue weighted by molar-refractivity contribution is 8.03. The summed E-state index contributed by atoms with van der Waals surface area (Å²) in [6.07, 6.45) is 8.19. The number of ether oxygens (including phenoxy) is 1. The average Bonchev–Trinajstić information content (AvgIpc) is 2.84. The Morgan fingerprint density at radius 2 is 2.42 bits per heavy atom. The van der Waals surface area contributed by atoms with Gasteiger partial charge in [0.2, 0.25) is 0 Å². The highest BCUT2D eigenvalue weighted by Crippen LogP contribution is 2.35. The fourth-order valence-electron chi connectivity index (χ4n) is 1.53. The lowest BCUT2D eigenvalue weighted by Gasteiger charge is -1.99. The maximum absolute atomic E-state index is 11.2. The minimum atomic E-state index is -0.432. The predicted molar refractivity (Wildman–Crippen MR) is 77.3 cm³/mol. The van der Waals surface area contributed by atoms with Gasteiger partial charge in [0.25, 0.3) is 0 Å². The first-order valence-electron chi connectivity index (χ1n) is 5.68. The Kier molecular flexibility index (Phi) is 6.57. The zero-order valence-corrected chi connectivity index (χ0v) is 11.5. The third kappa shape index (κ3) is 5.07. The third-order valence-corrected chi connectivity index (χ3v) is 3.54. The number of allylic oxidation sites excluding steroid dienone is 5. The van der Waals surface area contributed by atoms with Crippen molar-refractivity contribution in [3.63, 3.8) is 0 Å². The van der Waals surface area contributed by atoms with E-state index in [0.717, 1.165) is 17.1 Å². The van der Waals surface area contributed by atoms with Gasteiger partial charge < -0.3 is 4.74 Å². The molecule has 0 saturated carbocycles. The van der Waals surface area contributed by atoms with Crippen LogP contribution in [-0.2, 0) is 9.53 Å². The van der Waals surface area contributed by atoms with Crippen molar-refractivity contribution in [2.24, 2.45) is 5.11 Å². The summed E-state index contributed by atoms with van der Waals surface area (Å²) in [4.78, 5) is 15.0. The van der Waals surface area contributed by atoms with Gasteiger partial charge in [0.05, 0.1) is 13.5 Å². The number of hydrogen-bond acceptors (Lipinski definition) is 4. The van der Waals surface area contributed by atoms with Crippen molar-refractivity contribution in [2.75, 3.05) is 12.9 Å². The van der Waals surface area contributed by atoms with Crippen molar-refractivity contribution >= 4 is 17.7 Å². The summed E-state index contributed by atoms with van der Waals surface area (Å²) >= 11 is 1.72. The van der Waals surface area contributed by atoms with Gasteiger partial charge in [-0.15, -0.1) is 11.8 Å². The second-order valence-electron chi connectivity index (χ2n) is 3.66. The highest BCUT2D eigenvalue weighted by atomic mass is 32.2. The molecule has 0 unspecified atom stereocenters. The molecule has 0 bridgehead atoms. The van der Waals surface area contributed by atoms with E-state index in [1.807, 2.05) is 12.2 Å². The molecule has 6 heteroatoms. The Balaban J connectivity index is 2.90. The van der Waals surface area contributed by atoms with Gasteiger partial charge in [-0.25, -0.2) is 0 Å². The maximum atomic E-state index is 11.2. The Morgan fingerprint density at radius 3 is 3.05 bits per heavy atom. The van der Waals surface area contributed by atoms with Crippen LogP contribution in [0.1, 0.15) is 12.8 Å². The number of thioether (sulfide) groups is 1. The van der Waals surface area contributed by atoms with Crippen molar-refractivity contribution in [3.05, 3.63) is 57.5 Å². The lowest BCUT2D eigenvalue weighted by molar-refractivity contribution is -0.139. The Bertz CT molecular complexity index is 500. The number of nitrogens with zero attached hydrogens (tertiary/aromatic N) is 3. The van der Waals surface area contributed by atoms with Gasteiger partial charge in [-0.3, -0.25) is 4.79 Å². The second kappa shape index (κ2) is 8.24. The third-order valence-electron chi connectivity index (χ3n) is 2.42. The number of rotatable bonds is 5. The molecule has 0 aromatic carbocycles. The summed E-state index contributed by atoms with van der Waals surface area (Å²) in [5, 5.41) is 3.49. The van der Waals surface area contributed by atoms with Crippen LogP contribution in [0.15, 0.2) is 52.2 Å². The van der Waals surface area contributed by atoms with Crippen LogP contribution in [0.3, 0.4) is 0 Å². The Labute approximate surface area is 116 Å². The molecule has 0 N–H and O–H groups in total. The van der Waals surface area contributed by atoms with E-state index in [-0.39, 0.29) is 6.42 Å². The molecule has 1 saturated heterocycles. The molecule has 1 aliphatic rings. The molecule has 1 heterocycles. The number of methoxy groups -OCH3 is 1. The highest BCUT2D eigenvalue weighted by Gasteiger charge is 2.12. The van der Waals surface area contributed by atoms with Crippen molar-refractivity contribution in [3.8, 4) is 0 Å². The Morgan fingerprint density at radius 1 is 1.63 bits per heavy atom. The molecule has 19 heavy (non-hydrogen) atoms. The van der Waals surface area contributed by atoms with E-state index in [9.17, 15) is 4.79 Å². The van der Waals surface area contributed by atoms with Crippen molar-refractivity contribution < 1.29 is 9.53 Å². The van der Waals surface area contributed by atoms with Crippen LogP contribution in [0.25, 0.3) is 10.4 Å². The van der Waals surface area contributed by atoms with Crippen LogP contribution < -0.4 is 0 Å². The lowest BCUT2D eigenvalue weighted by Crippen LogP contribution is -2.00. The molecule has 1 aliphatic heterocycles. The molecular formula is C13H15N3O2S. The lowest BCUT2D eigenvalue weighted by atomic mass is 10.1. The summed E-state index contributed by atoms with van der Waals surface area (Å²) in [7, 11) is 1.30. The molecule has 1 rings (SSSR count). The monoisotopic (exact) mass is 277 g/mol. The quantitative estimate of drug-likeness (QED) is 0.331. The maximum Gasteiger partial charge on any atom is 0.309 e. The van der Waals surface area contributed by atoms with E-state index in [4.69, 9.17) is 5.53 Å². The van der Waals surface area contributed by atoms with Gasteiger partial charge in [-0.05, 0) is 23.6 Å². The average molecular weight is 277 g/mol. The largest absolute Gasteiger partial charge is 0.469 e. The fraction of sp³-hybridized carbons (Fsp3) is 0.308. The van der Waals surface area contributed by atoms with Crippen molar-refractivity contribution in [1.29, 1.82) is 0 Å². The molecule has 0 amide bonds. The first-order chi connectivity index (χ1) is 9.21. The van der Waals surface area contributed by atoms with Gasteiger partial charge >= 0.3 is 5.97 Å². The zero-order valence-electron chi connectivity index (χ0n) is 10.7.